The first-order chi connectivity index (χ1) is 15.6. The number of rotatable bonds is 7. The van der Waals surface area contributed by atoms with Gasteiger partial charge in [0.1, 0.15) is 17.7 Å². The molecule has 3 aromatic rings. The van der Waals surface area contributed by atoms with Crippen LogP contribution in [-0.2, 0) is 12.8 Å². The minimum absolute atomic E-state index is 0.0340. The summed E-state index contributed by atoms with van der Waals surface area (Å²) in [5.74, 6) is 0.672. The molecular weight excluding hydrogens is 400 g/mol. The Balaban J connectivity index is 1.45. The summed E-state index contributed by atoms with van der Waals surface area (Å²) in [6.45, 7) is 3.83. The van der Waals surface area contributed by atoms with E-state index in [2.05, 4.69) is 18.7 Å². The molecule has 0 bridgehead atoms. The van der Waals surface area contributed by atoms with Gasteiger partial charge < -0.3 is 0 Å². The van der Waals surface area contributed by atoms with Crippen LogP contribution >= 0.6 is 0 Å². The molecule has 0 spiro atoms. The molecule has 3 heteroatoms. The molecule has 0 aromatic heterocycles. The Morgan fingerprint density at radius 3 is 2.50 bits per heavy atom. The molecule has 0 radical (unpaired) electrons. The van der Waals surface area contributed by atoms with Crippen LogP contribution < -0.4 is 0 Å². The van der Waals surface area contributed by atoms with E-state index in [-0.39, 0.29) is 11.4 Å². The molecular formula is C29H29F2N. The first kappa shape index (κ1) is 22.2. The van der Waals surface area contributed by atoms with E-state index in [4.69, 9.17) is 5.26 Å². The first-order valence-corrected chi connectivity index (χ1v) is 11.6. The van der Waals surface area contributed by atoms with Gasteiger partial charge in [0, 0.05) is 5.39 Å². The normalized spacial score (nSPS) is 18.4. The minimum atomic E-state index is -0.522. The molecule has 1 aliphatic rings. The third kappa shape index (κ3) is 4.91. The lowest BCUT2D eigenvalue weighted by Gasteiger charge is -2.28. The van der Waals surface area contributed by atoms with E-state index >= 15 is 4.39 Å². The second-order valence-electron chi connectivity index (χ2n) is 9.03. The van der Waals surface area contributed by atoms with Crippen LogP contribution in [0, 0.1) is 28.9 Å². The topological polar surface area (TPSA) is 23.8 Å². The second-order valence-corrected chi connectivity index (χ2v) is 9.03. The van der Waals surface area contributed by atoms with E-state index in [1.807, 2.05) is 30.3 Å². The predicted octanol–water partition coefficient (Wildman–Crippen LogP) is 8.01. The van der Waals surface area contributed by atoms with Gasteiger partial charge in [0.15, 0.2) is 0 Å². The van der Waals surface area contributed by atoms with Gasteiger partial charge in [-0.2, -0.15) is 5.26 Å². The van der Waals surface area contributed by atoms with E-state index in [0.29, 0.717) is 29.7 Å². The number of hydrogen-bond acceptors (Lipinski definition) is 1. The van der Waals surface area contributed by atoms with Crippen molar-refractivity contribution in [1.82, 2.24) is 0 Å². The molecule has 1 saturated carbocycles. The number of allylic oxidation sites excluding steroid dienone is 1. The fraction of sp³-hybridized carbons (Fsp3) is 0.345. The van der Waals surface area contributed by atoms with Crippen LogP contribution in [0.5, 0.6) is 0 Å². The summed E-state index contributed by atoms with van der Waals surface area (Å²) in [5.41, 5.74) is 2.75. The molecule has 4 rings (SSSR count). The molecule has 0 saturated heterocycles. The Hall–Kier alpha value is -2.99. The third-order valence-electron chi connectivity index (χ3n) is 6.99. The number of nitriles is 1. The Bertz CT molecular complexity index is 1150. The summed E-state index contributed by atoms with van der Waals surface area (Å²) in [5, 5.41) is 10.5. The van der Waals surface area contributed by atoms with Crippen molar-refractivity contribution in [2.45, 2.75) is 57.3 Å². The van der Waals surface area contributed by atoms with Gasteiger partial charge in [-0.1, -0.05) is 42.5 Å². The molecule has 0 amide bonds. The highest BCUT2D eigenvalue weighted by molar-refractivity contribution is 5.84. The van der Waals surface area contributed by atoms with Gasteiger partial charge in [-0.25, -0.2) is 8.78 Å². The molecule has 0 heterocycles. The Kier molecular flexibility index (Phi) is 7.00. The van der Waals surface area contributed by atoms with Crippen molar-refractivity contribution in [3.8, 4) is 6.07 Å². The standard InChI is InChI=1S/C29H29F2N/c1-2-3-4-20-5-9-22(10-6-20)24-15-16-27-25(18-24)14-13-23(29(27)31)11-7-21-8-12-26(19-32)28(30)17-21/h2,8,12-18,20,22H,1,3-7,9-11H2. The summed E-state index contributed by atoms with van der Waals surface area (Å²) >= 11 is 0. The first-order valence-electron chi connectivity index (χ1n) is 11.6. The number of benzene rings is 3. The number of aryl methyl sites for hydroxylation is 2. The molecule has 1 aliphatic carbocycles. The van der Waals surface area contributed by atoms with Crippen LogP contribution in [0.1, 0.15) is 66.7 Å². The zero-order chi connectivity index (χ0) is 22.5. The maximum atomic E-state index is 15.2. The molecule has 0 aliphatic heterocycles. The Morgan fingerprint density at radius 2 is 1.78 bits per heavy atom. The smallest absolute Gasteiger partial charge is 0.141 e. The zero-order valence-corrected chi connectivity index (χ0v) is 18.4. The van der Waals surface area contributed by atoms with Gasteiger partial charge in [0.05, 0.1) is 5.56 Å². The van der Waals surface area contributed by atoms with Crippen molar-refractivity contribution >= 4 is 10.8 Å². The fourth-order valence-corrected chi connectivity index (χ4v) is 5.02. The average molecular weight is 430 g/mol. The molecule has 1 fully saturated rings. The van der Waals surface area contributed by atoms with Crippen molar-refractivity contribution in [3.05, 3.63) is 95.1 Å². The van der Waals surface area contributed by atoms with E-state index < -0.39 is 5.82 Å². The number of hydrogen-bond donors (Lipinski definition) is 0. The van der Waals surface area contributed by atoms with Gasteiger partial charge in [-0.05, 0) is 97.4 Å². The number of nitrogens with zero attached hydrogens (tertiary/aromatic N) is 1. The lowest BCUT2D eigenvalue weighted by atomic mass is 9.77. The molecule has 0 N–H and O–H groups in total. The molecule has 0 unspecified atom stereocenters. The molecule has 0 atom stereocenters. The summed E-state index contributed by atoms with van der Waals surface area (Å²) in [6.07, 6.45) is 10.3. The van der Waals surface area contributed by atoms with Crippen molar-refractivity contribution < 1.29 is 8.78 Å². The van der Waals surface area contributed by atoms with Gasteiger partial charge in [0.2, 0.25) is 0 Å². The minimum Gasteiger partial charge on any atom is -0.206 e. The van der Waals surface area contributed by atoms with Gasteiger partial charge in [0.25, 0.3) is 0 Å². The maximum absolute atomic E-state index is 15.2. The predicted molar refractivity (Wildman–Crippen MR) is 127 cm³/mol. The van der Waals surface area contributed by atoms with Gasteiger partial charge in [-0.3, -0.25) is 0 Å². The average Bonchev–Trinajstić information content (AvgIpc) is 2.82. The van der Waals surface area contributed by atoms with Crippen LogP contribution in [-0.4, -0.2) is 0 Å². The van der Waals surface area contributed by atoms with Crippen molar-refractivity contribution in [2.75, 3.05) is 0 Å². The lowest BCUT2D eigenvalue weighted by Crippen LogP contribution is -2.13. The zero-order valence-electron chi connectivity index (χ0n) is 18.4. The van der Waals surface area contributed by atoms with E-state index in [9.17, 15) is 4.39 Å². The molecule has 1 nitrogen and oxygen atoms in total. The monoisotopic (exact) mass is 429 g/mol. The lowest BCUT2D eigenvalue weighted by molar-refractivity contribution is 0.312. The largest absolute Gasteiger partial charge is 0.206 e. The van der Waals surface area contributed by atoms with Crippen molar-refractivity contribution in [3.63, 3.8) is 0 Å². The van der Waals surface area contributed by atoms with E-state index in [1.165, 1.54) is 49.8 Å². The van der Waals surface area contributed by atoms with Crippen LogP contribution in [0.25, 0.3) is 10.8 Å². The van der Waals surface area contributed by atoms with Gasteiger partial charge >= 0.3 is 0 Å². The quantitative estimate of drug-likeness (QED) is 0.349. The SMILES string of the molecule is C=CCCC1CCC(c2ccc3c(F)c(CCc4ccc(C#N)c(F)c4)ccc3c2)CC1. The summed E-state index contributed by atoms with van der Waals surface area (Å²) in [6, 6.07) is 16.5. The van der Waals surface area contributed by atoms with Crippen LogP contribution in [0.4, 0.5) is 8.78 Å². The summed E-state index contributed by atoms with van der Waals surface area (Å²) in [4.78, 5) is 0. The van der Waals surface area contributed by atoms with Crippen LogP contribution in [0.15, 0.2) is 61.2 Å². The Morgan fingerprint density at radius 1 is 0.969 bits per heavy atom. The fourth-order valence-electron chi connectivity index (χ4n) is 5.02. The highest BCUT2D eigenvalue weighted by Crippen LogP contribution is 2.38. The molecule has 3 aromatic carbocycles. The Labute approximate surface area is 189 Å². The van der Waals surface area contributed by atoms with Crippen molar-refractivity contribution in [1.29, 1.82) is 5.26 Å². The maximum Gasteiger partial charge on any atom is 0.141 e. The summed E-state index contributed by atoms with van der Waals surface area (Å²) in [7, 11) is 0. The second kappa shape index (κ2) is 10.1. The van der Waals surface area contributed by atoms with Gasteiger partial charge in [-0.15, -0.1) is 6.58 Å². The highest BCUT2D eigenvalue weighted by atomic mass is 19.1. The number of halogens is 2. The molecule has 164 valence electrons. The van der Waals surface area contributed by atoms with E-state index in [0.717, 1.165) is 23.3 Å². The molecule has 32 heavy (non-hydrogen) atoms. The van der Waals surface area contributed by atoms with Crippen molar-refractivity contribution in [2.24, 2.45) is 5.92 Å². The third-order valence-corrected chi connectivity index (χ3v) is 6.99. The summed E-state index contributed by atoms with van der Waals surface area (Å²) < 4.78 is 29.0. The van der Waals surface area contributed by atoms with E-state index in [1.54, 1.807) is 6.07 Å². The number of fused-ring (bicyclic) bond motifs is 1. The van der Waals surface area contributed by atoms with Crippen LogP contribution in [0.2, 0.25) is 0 Å². The highest BCUT2D eigenvalue weighted by Gasteiger charge is 2.22. The van der Waals surface area contributed by atoms with Crippen LogP contribution in [0.3, 0.4) is 0 Å².